The van der Waals surface area contributed by atoms with Crippen LogP contribution in [0.5, 0.6) is 0 Å². The zero-order valence-electron chi connectivity index (χ0n) is 31.6. The van der Waals surface area contributed by atoms with Crippen molar-refractivity contribution in [2.24, 2.45) is 0 Å². The van der Waals surface area contributed by atoms with Gasteiger partial charge in [-0.3, -0.25) is 29.0 Å². The fourth-order valence-electron chi connectivity index (χ4n) is 5.64. The number of anilines is 6. The Bertz CT molecular complexity index is 2390. The maximum absolute atomic E-state index is 13.2. The van der Waals surface area contributed by atoms with E-state index in [1.807, 2.05) is 80.6 Å². The van der Waals surface area contributed by atoms with Gasteiger partial charge in [0.05, 0.1) is 24.2 Å². The first-order chi connectivity index (χ1) is 27.3. The summed E-state index contributed by atoms with van der Waals surface area (Å²) in [5, 5.41) is 6.34. The van der Waals surface area contributed by atoms with Crippen molar-refractivity contribution in [1.29, 1.82) is 0 Å². The number of nitrogens with one attached hydrogen (secondary N) is 2. The summed E-state index contributed by atoms with van der Waals surface area (Å²) in [4.78, 5) is 60.7. The molecule has 0 atom stereocenters. The molecule has 4 aromatic carbocycles. The van der Waals surface area contributed by atoms with Gasteiger partial charge in [-0.05, 0) is 79.6 Å². The third-order valence-electron chi connectivity index (χ3n) is 8.41. The van der Waals surface area contributed by atoms with Gasteiger partial charge >= 0.3 is 0 Å². The Hall–Kier alpha value is -6.43. The van der Waals surface area contributed by atoms with E-state index in [9.17, 15) is 23.6 Å². The maximum Gasteiger partial charge on any atom is 0.229 e. The molecule has 0 unspecified atom stereocenters. The first-order valence-corrected chi connectivity index (χ1v) is 18.5. The van der Waals surface area contributed by atoms with Crippen molar-refractivity contribution in [1.82, 2.24) is 9.97 Å². The van der Waals surface area contributed by atoms with E-state index in [0.717, 1.165) is 16.7 Å². The van der Waals surface area contributed by atoms with E-state index in [1.165, 1.54) is 48.0 Å². The lowest BCUT2D eigenvalue weighted by atomic mass is 10.1. The molecule has 6 aromatic rings. The zero-order chi connectivity index (χ0) is 41.1. The molecule has 0 bridgehead atoms. The Morgan fingerprint density at radius 1 is 0.579 bits per heavy atom. The second-order valence-corrected chi connectivity index (χ2v) is 13.8. The van der Waals surface area contributed by atoms with Gasteiger partial charge in [-0.1, -0.05) is 82.9 Å². The number of rotatable bonds is 10. The van der Waals surface area contributed by atoms with E-state index in [0.29, 0.717) is 45.0 Å². The van der Waals surface area contributed by atoms with Crippen LogP contribution in [0.2, 0.25) is 10.0 Å². The van der Waals surface area contributed by atoms with Crippen LogP contribution in [0.15, 0.2) is 128 Å². The van der Waals surface area contributed by atoms with Crippen molar-refractivity contribution in [2.75, 3.05) is 20.4 Å². The number of carbonyl (C=O) groups is 4. The SMILES string of the molecule is CC(=O)N(c1ccc(C)cc1)c1cc(NC(=O)Cc2ccc(F)cc2Cl)ccn1.CC(=O)N(c1ccc(C)cc1)c1cc(NC(=O)Cc2ccccc2Cl)ccn1. The number of aryl methyl sites for hydroxylation is 2. The molecule has 2 heterocycles. The molecule has 6 rings (SSSR count). The van der Waals surface area contributed by atoms with Crippen LogP contribution in [-0.2, 0) is 32.0 Å². The Morgan fingerprint density at radius 3 is 1.44 bits per heavy atom. The van der Waals surface area contributed by atoms with E-state index in [4.69, 9.17) is 23.2 Å². The Kier molecular flexibility index (Phi) is 14.2. The number of amides is 4. The molecule has 0 spiro atoms. The van der Waals surface area contributed by atoms with Gasteiger partial charge in [0.1, 0.15) is 17.5 Å². The highest BCUT2D eigenvalue weighted by Crippen LogP contribution is 2.28. The maximum atomic E-state index is 13.2. The average Bonchev–Trinajstić information content (AvgIpc) is 3.16. The number of benzene rings is 4. The van der Waals surface area contributed by atoms with Crippen LogP contribution in [0.3, 0.4) is 0 Å². The van der Waals surface area contributed by atoms with Crippen molar-refractivity contribution >= 4 is 81.2 Å². The Labute approximate surface area is 340 Å². The minimum absolute atomic E-state index is 0.00878. The Balaban J connectivity index is 0.000000218. The molecule has 0 saturated carbocycles. The predicted molar refractivity (Wildman–Crippen MR) is 224 cm³/mol. The van der Waals surface area contributed by atoms with Crippen LogP contribution in [0.4, 0.5) is 38.8 Å². The minimum atomic E-state index is -0.460. The number of halogens is 3. The second kappa shape index (κ2) is 19.4. The number of aromatic nitrogens is 2. The van der Waals surface area contributed by atoms with Crippen LogP contribution in [-0.4, -0.2) is 33.6 Å². The normalized spacial score (nSPS) is 10.4. The van der Waals surface area contributed by atoms with Crippen LogP contribution < -0.4 is 20.4 Å². The molecule has 2 N–H and O–H groups in total. The smallest absolute Gasteiger partial charge is 0.229 e. The molecule has 10 nitrogen and oxygen atoms in total. The lowest BCUT2D eigenvalue weighted by Gasteiger charge is -2.21. The molecule has 0 aliphatic carbocycles. The fourth-order valence-corrected chi connectivity index (χ4v) is 6.08. The largest absolute Gasteiger partial charge is 0.326 e. The van der Waals surface area contributed by atoms with Crippen molar-refractivity contribution < 1.29 is 23.6 Å². The molecular formula is C44H39Cl2FN6O4. The highest BCUT2D eigenvalue weighted by Gasteiger charge is 2.18. The first-order valence-electron chi connectivity index (χ1n) is 17.7. The molecule has 4 amide bonds. The van der Waals surface area contributed by atoms with Crippen LogP contribution >= 0.6 is 23.2 Å². The summed E-state index contributed by atoms with van der Waals surface area (Å²) >= 11 is 12.1. The topological polar surface area (TPSA) is 125 Å². The van der Waals surface area contributed by atoms with Crippen molar-refractivity contribution in [3.63, 3.8) is 0 Å². The summed E-state index contributed by atoms with van der Waals surface area (Å²) in [5.74, 6) is -0.529. The Morgan fingerprint density at radius 2 is 1.02 bits per heavy atom. The second-order valence-electron chi connectivity index (χ2n) is 13.0. The fraction of sp³-hybridized carbons (Fsp3) is 0.136. The summed E-state index contributed by atoms with van der Waals surface area (Å²) in [5.41, 5.74) is 5.87. The number of pyridine rings is 2. The van der Waals surface area contributed by atoms with Gasteiger partial charge in [-0.25, -0.2) is 14.4 Å². The van der Waals surface area contributed by atoms with Crippen molar-refractivity contribution in [3.05, 3.63) is 166 Å². The third kappa shape index (κ3) is 11.8. The number of hydrogen-bond donors (Lipinski definition) is 2. The predicted octanol–water partition coefficient (Wildman–Crippen LogP) is 9.96. The minimum Gasteiger partial charge on any atom is -0.326 e. The summed E-state index contributed by atoms with van der Waals surface area (Å²) in [6.45, 7) is 6.87. The number of hydrogen-bond acceptors (Lipinski definition) is 6. The van der Waals surface area contributed by atoms with E-state index in [-0.39, 0.29) is 41.5 Å². The van der Waals surface area contributed by atoms with Crippen LogP contribution in [0.1, 0.15) is 36.1 Å². The van der Waals surface area contributed by atoms with Crippen molar-refractivity contribution in [2.45, 2.75) is 40.5 Å². The van der Waals surface area contributed by atoms with Gasteiger partial charge in [0, 0.05) is 59.8 Å². The summed E-state index contributed by atoms with van der Waals surface area (Å²) in [7, 11) is 0. The van der Waals surface area contributed by atoms with Crippen LogP contribution in [0, 0.1) is 19.7 Å². The summed E-state index contributed by atoms with van der Waals surface area (Å²) in [6.07, 6.45) is 3.22. The van der Waals surface area contributed by atoms with Gasteiger partial charge in [0.15, 0.2) is 0 Å². The van der Waals surface area contributed by atoms with Crippen molar-refractivity contribution in [3.8, 4) is 0 Å². The molecule has 0 saturated heterocycles. The standard InChI is InChI=1S/C22H19ClFN3O2.C22H20ClN3O2/c1-14-3-7-19(8-4-14)27(15(2)28)21-13-18(9-10-25-21)26-22(29)11-16-5-6-17(24)12-20(16)23;1-15-7-9-19(10-8-15)26(16(2)27)21-14-18(11-12-24-21)25-22(28)13-17-5-3-4-6-20(17)23/h3-10,12-13H,11H2,1-2H3,(H,25,26,29);3-12,14H,13H2,1-2H3,(H,24,25,28). The third-order valence-corrected chi connectivity index (χ3v) is 9.13. The quantitative estimate of drug-likeness (QED) is 0.142. The van der Waals surface area contributed by atoms with Gasteiger partial charge < -0.3 is 10.6 Å². The zero-order valence-corrected chi connectivity index (χ0v) is 33.1. The molecule has 57 heavy (non-hydrogen) atoms. The van der Waals surface area contributed by atoms with E-state index in [2.05, 4.69) is 20.6 Å². The van der Waals surface area contributed by atoms with Gasteiger partial charge in [-0.15, -0.1) is 0 Å². The van der Waals surface area contributed by atoms with Gasteiger partial charge in [0.2, 0.25) is 23.6 Å². The molecule has 0 aliphatic rings. The van der Waals surface area contributed by atoms with E-state index < -0.39 is 5.82 Å². The summed E-state index contributed by atoms with van der Waals surface area (Å²) in [6, 6.07) is 32.8. The molecule has 0 aliphatic heterocycles. The number of nitrogens with zero attached hydrogens (tertiary/aromatic N) is 4. The average molecular weight is 806 g/mol. The highest BCUT2D eigenvalue weighted by atomic mass is 35.5. The lowest BCUT2D eigenvalue weighted by molar-refractivity contribution is -0.116. The van der Waals surface area contributed by atoms with E-state index >= 15 is 0 Å². The monoisotopic (exact) mass is 804 g/mol. The molecule has 290 valence electrons. The lowest BCUT2D eigenvalue weighted by Crippen LogP contribution is -2.24. The highest BCUT2D eigenvalue weighted by molar-refractivity contribution is 6.32. The van der Waals surface area contributed by atoms with E-state index in [1.54, 1.807) is 36.5 Å². The molecule has 0 radical (unpaired) electrons. The van der Waals surface area contributed by atoms with Gasteiger partial charge in [0.25, 0.3) is 0 Å². The molecule has 13 heteroatoms. The van der Waals surface area contributed by atoms with Gasteiger partial charge in [-0.2, -0.15) is 0 Å². The summed E-state index contributed by atoms with van der Waals surface area (Å²) < 4.78 is 13.2. The molecule has 0 fully saturated rings. The molecular weight excluding hydrogens is 766 g/mol. The first kappa shape index (κ1) is 41.7. The number of carbonyl (C=O) groups excluding carboxylic acids is 4. The molecule has 2 aromatic heterocycles. The van der Waals surface area contributed by atoms with Crippen LogP contribution in [0.25, 0.3) is 0 Å².